The van der Waals surface area contributed by atoms with Crippen molar-refractivity contribution in [2.75, 3.05) is 11.9 Å². The first-order valence-corrected chi connectivity index (χ1v) is 9.95. The molecule has 10 nitrogen and oxygen atoms in total. The van der Waals surface area contributed by atoms with Crippen molar-refractivity contribution >= 4 is 39.8 Å². The van der Waals surface area contributed by atoms with E-state index in [0.29, 0.717) is 36.7 Å². The van der Waals surface area contributed by atoms with Gasteiger partial charge < -0.3 is 10.6 Å². The van der Waals surface area contributed by atoms with Gasteiger partial charge in [0.25, 0.3) is 11.6 Å². The Balaban J connectivity index is 1.37. The second kappa shape index (κ2) is 8.66. The summed E-state index contributed by atoms with van der Waals surface area (Å²) in [7, 11) is 0. The number of hydrogen-bond acceptors (Lipinski definition) is 8. The smallest absolute Gasteiger partial charge is 0.269 e. The van der Waals surface area contributed by atoms with Gasteiger partial charge in [-0.25, -0.2) is 14.6 Å². The van der Waals surface area contributed by atoms with E-state index >= 15 is 0 Å². The van der Waals surface area contributed by atoms with Gasteiger partial charge in [-0.2, -0.15) is 5.10 Å². The van der Waals surface area contributed by atoms with Crippen LogP contribution >= 0.6 is 11.3 Å². The maximum absolute atomic E-state index is 12.2. The lowest BCUT2D eigenvalue weighted by atomic mass is 10.2. The van der Waals surface area contributed by atoms with Crippen LogP contribution in [0.2, 0.25) is 0 Å². The first-order valence-electron chi connectivity index (χ1n) is 9.07. The molecular weight excluding hydrogens is 406 g/mol. The predicted octanol–water partition coefficient (Wildman–Crippen LogP) is 2.84. The van der Waals surface area contributed by atoms with Gasteiger partial charge in [0.05, 0.1) is 29.6 Å². The standard InChI is InChI=1S/C19H17N7O3S/c27-19(13-3-5-14(6-4-13)26(28)29)20-7-8-25-18-16(11-24-25)17(22-12-23-18)21-10-15-2-1-9-30-15/h1-6,9,11-12H,7-8,10H2,(H,20,27)(H,21,22,23). The highest BCUT2D eigenvalue weighted by Crippen LogP contribution is 2.20. The second-order valence-electron chi connectivity index (χ2n) is 6.32. The summed E-state index contributed by atoms with van der Waals surface area (Å²) in [5.74, 6) is 0.392. The molecule has 0 fully saturated rings. The number of amides is 1. The van der Waals surface area contributed by atoms with Crippen molar-refractivity contribution in [2.24, 2.45) is 0 Å². The molecule has 0 radical (unpaired) electrons. The number of aromatic nitrogens is 4. The number of nitro groups is 1. The summed E-state index contributed by atoms with van der Waals surface area (Å²) in [6.45, 7) is 1.42. The van der Waals surface area contributed by atoms with Crippen molar-refractivity contribution in [3.8, 4) is 0 Å². The molecule has 0 unspecified atom stereocenters. The van der Waals surface area contributed by atoms with Gasteiger partial charge in [0, 0.05) is 29.1 Å². The molecule has 0 saturated heterocycles. The maximum atomic E-state index is 12.2. The van der Waals surface area contributed by atoms with Crippen LogP contribution in [0.1, 0.15) is 15.2 Å². The Hall–Kier alpha value is -3.86. The molecule has 2 N–H and O–H groups in total. The molecule has 3 heterocycles. The Morgan fingerprint density at radius 3 is 2.77 bits per heavy atom. The maximum Gasteiger partial charge on any atom is 0.269 e. The van der Waals surface area contributed by atoms with E-state index in [-0.39, 0.29) is 11.6 Å². The van der Waals surface area contributed by atoms with Gasteiger partial charge >= 0.3 is 0 Å². The molecule has 0 bridgehead atoms. The van der Waals surface area contributed by atoms with E-state index in [4.69, 9.17) is 0 Å². The van der Waals surface area contributed by atoms with E-state index < -0.39 is 4.92 Å². The minimum atomic E-state index is -0.504. The number of hydrogen-bond donors (Lipinski definition) is 2. The Bertz CT molecular complexity index is 1170. The number of non-ortho nitro benzene ring substituents is 1. The average molecular weight is 423 g/mol. The fourth-order valence-electron chi connectivity index (χ4n) is 2.89. The topological polar surface area (TPSA) is 128 Å². The van der Waals surface area contributed by atoms with E-state index in [1.807, 2.05) is 17.5 Å². The van der Waals surface area contributed by atoms with Crippen LogP contribution in [0.4, 0.5) is 11.5 Å². The number of carbonyl (C=O) groups excluding carboxylic acids is 1. The molecule has 0 saturated carbocycles. The zero-order valence-corrected chi connectivity index (χ0v) is 16.5. The number of thiophene rings is 1. The highest BCUT2D eigenvalue weighted by molar-refractivity contribution is 7.09. The third-order valence-electron chi connectivity index (χ3n) is 4.39. The number of nitrogens with zero attached hydrogens (tertiary/aromatic N) is 5. The summed E-state index contributed by atoms with van der Waals surface area (Å²) in [5, 5.41) is 24.0. The van der Waals surface area contributed by atoms with E-state index in [9.17, 15) is 14.9 Å². The summed E-state index contributed by atoms with van der Waals surface area (Å²) >= 11 is 1.67. The Labute approximate surface area is 174 Å². The molecule has 1 amide bonds. The summed E-state index contributed by atoms with van der Waals surface area (Å²) in [6, 6.07) is 9.51. The molecule has 0 aliphatic carbocycles. The quantitative estimate of drug-likeness (QED) is 0.329. The minimum absolute atomic E-state index is 0.0577. The highest BCUT2D eigenvalue weighted by atomic mass is 32.1. The molecule has 0 aliphatic heterocycles. The van der Waals surface area contributed by atoms with Crippen LogP contribution in [0.5, 0.6) is 0 Å². The zero-order chi connectivity index (χ0) is 20.9. The third-order valence-corrected chi connectivity index (χ3v) is 5.27. The van der Waals surface area contributed by atoms with Crippen LogP contribution in [0, 0.1) is 10.1 Å². The Morgan fingerprint density at radius 1 is 1.20 bits per heavy atom. The predicted molar refractivity (Wildman–Crippen MR) is 112 cm³/mol. The summed E-state index contributed by atoms with van der Waals surface area (Å²) in [6.07, 6.45) is 3.18. The lowest BCUT2D eigenvalue weighted by Gasteiger charge is -2.07. The molecule has 30 heavy (non-hydrogen) atoms. The number of rotatable bonds is 8. The molecule has 0 spiro atoms. The number of carbonyl (C=O) groups is 1. The van der Waals surface area contributed by atoms with Gasteiger partial charge in [-0.1, -0.05) is 6.07 Å². The summed E-state index contributed by atoms with van der Waals surface area (Å²) < 4.78 is 1.70. The lowest BCUT2D eigenvalue weighted by molar-refractivity contribution is -0.384. The fraction of sp³-hybridized carbons (Fsp3) is 0.158. The van der Waals surface area contributed by atoms with Crippen LogP contribution < -0.4 is 10.6 Å². The summed E-state index contributed by atoms with van der Waals surface area (Å²) in [5.41, 5.74) is 0.967. The molecule has 0 aliphatic rings. The van der Waals surface area contributed by atoms with E-state index in [2.05, 4.69) is 25.7 Å². The van der Waals surface area contributed by atoms with E-state index in [1.54, 1.807) is 22.2 Å². The van der Waals surface area contributed by atoms with Gasteiger partial charge in [0.1, 0.15) is 12.1 Å². The van der Waals surface area contributed by atoms with Crippen LogP contribution in [-0.4, -0.2) is 37.1 Å². The van der Waals surface area contributed by atoms with Crippen LogP contribution in [0.25, 0.3) is 11.0 Å². The van der Waals surface area contributed by atoms with Gasteiger partial charge in [-0.3, -0.25) is 14.9 Å². The molecule has 0 atom stereocenters. The van der Waals surface area contributed by atoms with Crippen molar-refractivity contribution in [2.45, 2.75) is 13.1 Å². The number of nitro benzene ring substituents is 1. The molecule has 152 valence electrons. The lowest BCUT2D eigenvalue weighted by Crippen LogP contribution is -2.27. The van der Waals surface area contributed by atoms with Crippen molar-refractivity contribution < 1.29 is 9.72 Å². The van der Waals surface area contributed by atoms with Crippen molar-refractivity contribution in [3.05, 3.63) is 74.9 Å². The van der Waals surface area contributed by atoms with Crippen molar-refractivity contribution in [1.82, 2.24) is 25.1 Å². The van der Waals surface area contributed by atoms with Crippen LogP contribution in [-0.2, 0) is 13.1 Å². The third kappa shape index (κ3) is 4.25. The minimum Gasteiger partial charge on any atom is -0.364 e. The first kappa shape index (κ1) is 19.5. The van der Waals surface area contributed by atoms with Crippen LogP contribution in [0.3, 0.4) is 0 Å². The number of anilines is 1. The number of fused-ring (bicyclic) bond motifs is 1. The first-order chi connectivity index (χ1) is 14.6. The Kier molecular flexibility index (Phi) is 5.61. The van der Waals surface area contributed by atoms with E-state index in [0.717, 1.165) is 5.39 Å². The molecule has 1 aromatic carbocycles. The zero-order valence-electron chi connectivity index (χ0n) is 15.7. The monoisotopic (exact) mass is 423 g/mol. The number of benzene rings is 1. The average Bonchev–Trinajstić information content (AvgIpc) is 3.42. The van der Waals surface area contributed by atoms with Crippen molar-refractivity contribution in [3.63, 3.8) is 0 Å². The Morgan fingerprint density at radius 2 is 2.03 bits per heavy atom. The van der Waals surface area contributed by atoms with Gasteiger partial charge in [-0.05, 0) is 23.6 Å². The number of nitrogens with one attached hydrogen (secondary N) is 2. The SMILES string of the molecule is O=C(NCCn1ncc2c(NCc3cccs3)ncnc21)c1ccc([N+](=O)[O-])cc1. The van der Waals surface area contributed by atoms with Gasteiger partial charge in [0.2, 0.25) is 0 Å². The van der Waals surface area contributed by atoms with Gasteiger partial charge in [-0.15, -0.1) is 11.3 Å². The molecule has 4 rings (SSSR count). The van der Waals surface area contributed by atoms with Crippen molar-refractivity contribution in [1.29, 1.82) is 0 Å². The second-order valence-corrected chi connectivity index (χ2v) is 7.35. The van der Waals surface area contributed by atoms with Crippen LogP contribution in [0.15, 0.2) is 54.3 Å². The molecule has 4 aromatic rings. The molecular formula is C19H17N7O3S. The van der Waals surface area contributed by atoms with Gasteiger partial charge in [0.15, 0.2) is 5.65 Å². The highest BCUT2D eigenvalue weighted by Gasteiger charge is 2.12. The largest absolute Gasteiger partial charge is 0.364 e. The molecule has 11 heteroatoms. The normalized spacial score (nSPS) is 10.8. The molecule has 3 aromatic heterocycles. The summed E-state index contributed by atoms with van der Waals surface area (Å²) in [4.78, 5) is 32.2. The van der Waals surface area contributed by atoms with E-state index in [1.165, 1.54) is 35.5 Å². The fourth-order valence-corrected chi connectivity index (χ4v) is 3.54.